The van der Waals surface area contributed by atoms with E-state index in [1.807, 2.05) is 0 Å². The fraction of sp³-hybridized carbons (Fsp3) is 0. The number of aromatic nitrogens is 1. The lowest BCUT2D eigenvalue weighted by Crippen LogP contribution is -1.99. The van der Waals surface area contributed by atoms with Crippen molar-refractivity contribution in [2.75, 3.05) is 11.1 Å². The van der Waals surface area contributed by atoms with Gasteiger partial charge in [0.05, 0.1) is 21.4 Å². The van der Waals surface area contributed by atoms with Gasteiger partial charge in [0.1, 0.15) is 5.82 Å². The van der Waals surface area contributed by atoms with Crippen LogP contribution in [0.3, 0.4) is 0 Å². The number of nitrogens with one attached hydrogen (secondary N) is 1. The minimum absolute atomic E-state index is 0.167. The van der Waals surface area contributed by atoms with Gasteiger partial charge in [-0.2, -0.15) is 0 Å². The minimum atomic E-state index is -0.500. The van der Waals surface area contributed by atoms with Crippen LogP contribution in [0, 0.1) is 5.82 Å². The molecule has 0 unspecified atom stereocenters. The molecule has 0 radical (unpaired) electrons. The van der Waals surface area contributed by atoms with Gasteiger partial charge in [0.15, 0.2) is 5.82 Å². The molecule has 0 aliphatic carbocycles. The number of anilines is 3. The van der Waals surface area contributed by atoms with Crippen LogP contribution in [0.1, 0.15) is 0 Å². The molecule has 0 aliphatic rings. The molecule has 0 amide bonds. The second-order valence-corrected chi connectivity index (χ2v) is 4.13. The summed E-state index contributed by atoms with van der Waals surface area (Å²) in [5.41, 5.74) is 6.54. The number of benzene rings is 1. The quantitative estimate of drug-likeness (QED) is 0.872. The molecule has 17 heavy (non-hydrogen) atoms. The Hall–Kier alpha value is -1.52. The summed E-state index contributed by atoms with van der Waals surface area (Å²) in [5.74, 6) is -0.0811. The molecule has 0 saturated heterocycles. The molecule has 0 aliphatic heterocycles. The number of hydrogen-bond donors (Lipinski definition) is 2. The van der Waals surface area contributed by atoms with Gasteiger partial charge in [-0.25, -0.2) is 9.37 Å². The number of hydrogen-bond acceptors (Lipinski definition) is 3. The van der Waals surface area contributed by atoms with Gasteiger partial charge in [0, 0.05) is 6.20 Å². The molecule has 3 nitrogen and oxygen atoms in total. The lowest BCUT2D eigenvalue weighted by atomic mass is 10.3. The zero-order chi connectivity index (χ0) is 12.4. The van der Waals surface area contributed by atoms with Crippen molar-refractivity contribution in [1.29, 1.82) is 0 Å². The van der Waals surface area contributed by atoms with Crippen LogP contribution in [0.2, 0.25) is 10.0 Å². The van der Waals surface area contributed by atoms with Crippen molar-refractivity contribution in [3.8, 4) is 0 Å². The van der Waals surface area contributed by atoms with E-state index in [1.54, 1.807) is 18.3 Å². The highest BCUT2D eigenvalue weighted by molar-refractivity contribution is 6.39. The van der Waals surface area contributed by atoms with E-state index in [4.69, 9.17) is 28.9 Å². The highest BCUT2D eigenvalue weighted by atomic mass is 35.5. The Labute approximate surface area is 107 Å². The molecule has 1 aromatic carbocycles. The summed E-state index contributed by atoms with van der Waals surface area (Å²) in [6.07, 6.45) is 1.57. The summed E-state index contributed by atoms with van der Waals surface area (Å²) in [6, 6.07) is 5.71. The largest absolute Gasteiger partial charge is 0.396 e. The monoisotopic (exact) mass is 271 g/mol. The molecule has 6 heteroatoms. The lowest BCUT2D eigenvalue weighted by Gasteiger charge is -2.11. The van der Waals surface area contributed by atoms with Crippen molar-refractivity contribution >= 4 is 40.4 Å². The van der Waals surface area contributed by atoms with Gasteiger partial charge in [-0.05, 0) is 24.3 Å². The summed E-state index contributed by atoms with van der Waals surface area (Å²) >= 11 is 11.8. The van der Waals surface area contributed by atoms with Gasteiger partial charge < -0.3 is 11.1 Å². The van der Waals surface area contributed by atoms with E-state index >= 15 is 0 Å². The fourth-order valence-corrected chi connectivity index (χ4v) is 1.86. The Morgan fingerprint density at radius 3 is 2.47 bits per heavy atom. The smallest absolute Gasteiger partial charge is 0.153 e. The molecule has 2 aromatic rings. The number of nitrogens with zero attached hydrogens (tertiary/aromatic N) is 1. The van der Waals surface area contributed by atoms with Gasteiger partial charge in [0.2, 0.25) is 0 Å². The first kappa shape index (κ1) is 12.0. The van der Waals surface area contributed by atoms with Gasteiger partial charge in [-0.1, -0.05) is 23.2 Å². The van der Waals surface area contributed by atoms with Crippen LogP contribution in [0.25, 0.3) is 0 Å². The normalized spacial score (nSPS) is 10.3. The molecule has 88 valence electrons. The van der Waals surface area contributed by atoms with Crippen LogP contribution < -0.4 is 11.1 Å². The molecule has 1 heterocycles. The predicted molar refractivity (Wildman–Crippen MR) is 68.4 cm³/mol. The highest BCUT2D eigenvalue weighted by Crippen LogP contribution is 2.34. The van der Waals surface area contributed by atoms with E-state index in [9.17, 15) is 4.39 Å². The predicted octanol–water partition coefficient (Wildman–Crippen LogP) is 3.85. The minimum Gasteiger partial charge on any atom is -0.396 e. The van der Waals surface area contributed by atoms with E-state index < -0.39 is 5.82 Å². The summed E-state index contributed by atoms with van der Waals surface area (Å²) in [4.78, 5) is 4.03. The molecule has 3 N–H and O–H groups in total. The third kappa shape index (κ3) is 2.60. The molecule has 1 aromatic heterocycles. The van der Waals surface area contributed by atoms with Crippen molar-refractivity contribution in [3.05, 3.63) is 46.3 Å². The van der Waals surface area contributed by atoms with E-state index in [1.165, 1.54) is 0 Å². The Bertz CT molecular complexity index is 537. The van der Waals surface area contributed by atoms with Gasteiger partial charge in [-0.15, -0.1) is 0 Å². The van der Waals surface area contributed by atoms with E-state index in [2.05, 4.69) is 10.3 Å². The Morgan fingerprint density at radius 2 is 1.88 bits per heavy atom. The molecular formula is C11H8Cl2FN3. The third-order valence-electron chi connectivity index (χ3n) is 2.09. The number of pyridine rings is 1. The van der Waals surface area contributed by atoms with E-state index in [-0.39, 0.29) is 10.0 Å². The first-order valence-corrected chi connectivity index (χ1v) is 5.45. The second kappa shape index (κ2) is 4.77. The maximum absolute atomic E-state index is 13.0. The summed E-state index contributed by atoms with van der Waals surface area (Å²) in [7, 11) is 0. The molecule has 0 fully saturated rings. The summed E-state index contributed by atoms with van der Waals surface area (Å²) in [6.45, 7) is 0. The third-order valence-corrected chi connectivity index (χ3v) is 2.69. The zero-order valence-electron chi connectivity index (χ0n) is 8.55. The van der Waals surface area contributed by atoms with Crippen LogP contribution in [0.15, 0.2) is 30.5 Å². The molecular weight excluding hydrogens is 264 g/mol. The Kier molecular flexibility index (Phi) is 3.36. The van der Waals surface area contributed by atoms with Crippen molar-refractivity contribution in [3.63, 3.8) is 0 Å². The Morgan fingerprint density at radius 1 is 1.24 bits per heavy atom. The van der Waals surface area contributed by atoms with Crippen LogP contribution in [-0.4, -0.2) is 4.98 Å². The molecule has 0 bridgehead atoms. The fourth-order valence-electron chi connectivity index (χ4n) is 1.30. The van der Waals surface area contributed by atoms with Crippen LogP contribution in [0.4, 0.5) is 21.6 Å². The first-order chi connectivity index (χ1) is 8.08. The lowest BCUT2D eigenvalue weighted by molar-refractivity contribution is 0.628. The molecule has 0 saturated carbocycles. The average molecular weight is 272 g/mol. The van der Waals surface area contributed by atoms with Gasteiger partial charge in [0.25, 0.3) is 0 Å². The average Bonchev–Trinajstić information content (AvgIpc) is 2.25. The van der Waals surface area contributed by atoms with Crippen molar-refractivity contribution in [2.45, 2.75) is 0 Å². The SMILES string of the molecule is Nc1cccnc1Nc1c(Cl)cc(F)cc1Cl. The van der Waals surface area contributed by atoms with Crippen LogP contribution in [-0.2, 0) is 0 Å². The Balaban J connectivity index is 2.40. The number of nitrogen functional groups attached to an aromatic ring is 1. The first-order valence-electron chi connectivity index (χ1n) is 4.70. The number of nitrogens with two attached hydrogens (primary N) is 1. The summed E-state index contributed by atoms with van der Waals surface area (Å²) < 4.78 is 13.0. The second-order valence-electron chi connectivity index (χ2n) is 3.31. The van der Waals surface area contributed by atoms with Crippen LogP contribution >= 0.6 is 23.2 Å². The van der Waals surface area contributed by atoms with Crippen molar-refractivity contribution in [1.82, 2.24) is 4.98 Å². The standard InChI is InChI=1S/C11H8Cl2FN3/c12-7-4-6(14)5-8(13)10(7)17-11-9(15)2-1-3-16-11/h1-5H,15H2,(H,16,17). The topological polar surface area (TPSA) is 50.9 Å². The maximum Gasteiger partial charge on any atom is 0.153 e. The van der Waals surface area contributed by atoms with E-state index in [0.29, 0.717) is 17.2 Å². The molecule has 2 rings (SSSR count). The number of rotatable bonds is 2. The van der Waals surface area contributed by atoms with E-state index in [0.717, 1.165) is 12.1 Å². The zero-order valence-corrected chi connectivity index (χ0v) is 10.1. The summed E-state index contributed by atoms with van der Waals surface area (Å²) in [5, 5.41) is 3.20. The highest BCUT2D eigenvalue weighted by Gasteiger charge is 2.10. The number of halogens is 3. The van der Waals surface area contributed by atoms with Crippen molar-refractivity contribution < 1.29 is 4.39 Å². The van der Waals surface area contributed by atoms with Gasteiger partial charge in [-0.3, -0.25) is 0 Å². The van der Waals surface area contributed by atoms with Crippen molar-refractivity contribution in [2.24, 2.45) is 0 Å². The van der Waals surface area contributed by atoms with Gasteiger partial charge >= 0.3 is 0 Å². The molecule has 0 atom stereocenters. The maximum atomic E-state index is 13.0. The van der Waals surface area contributed by atoms with Crippen LogP contribution in [0.5, 0.6) is 0 Å². The molecule has 0 spiro atoms.